The van der Waals surface area contributed by atoms with Gasteiger partial charge in [0.25, 0.3) is 0 Å². The minimum atomic E-state index is -0.914. The van der Waals surface area contributed by atoms with Crippen LogP contribution in [0, 0.1) is 0 Å². The first kappa shape index (κ1) is 12.2. The molecule has 16 heavy (non-hydrogen) atoms. The van der Waals surface area contributed by atoms with Gasteiger partial charge in [-0.1, -0.05) is 0 Å². The SMILES string of the molecule is CO[C@@H]1O[C@@H](CO)[C@H](O)[C@H]2OC(C)(C)O[C@@H]12. The van der Waals surface area contributed by atoms with Crippen molar-refractivity contribution in [3.63, 3.8) is 0 Å². The average Bonchev–Trinajstić information content (AvgIpc) is 2.55. The lowest BCUT2D eigenvalue weighted by atomic mass is 9.99. The molecule has 0 bridgehead atoms. The van der Waals surface area contributed by atoms with E-state index in [-0.39, 0.29) is 6.61 Å². The number of rotatable bonds is 2. The van der Waals surface area contributed by atoms with E-state index in [2.05, 4.69) is 0 Å². The highest BCUT2D eigenvalue weighted by atomic mass is 16.8. The molecule has 2 heterocycles. The molecule has 0 unspecified atom stereocenters. The zero-order valence-corrected chi connectivity index (χ0v) is 9.62. The molecule has 0 aromatic rings. The molecule has 0 aromatic carbocycles. The van der Waals surface area contributed by atoms with E-state index in [9.17, 15) is 5.11 Å². The molecule has 6 nitrogen and oxygen atoms in total. The van der Waals surface area contributed by atoms with Crippen LogP contribution in [0.5, 0.6) is 0 Å². The highest BCUT2D eigenvalue weighted by Crippen LogP contribution is 2.37. The Morgan fingerprint density at radius 1 is 1.25 bits per heavy atom. The Bertz CT molecular complexity index is 256. The van der Waals surface area contributed by atoms with Crippen LogP contribution in [0.15, 0.2) is 0 Å². The quantitative estimate of drug-likeness (QED) is 0.653. The molecule has 0 saturated carbocycles. The molecule has 0 spiro atoms. The van der Waals surface area contributed by atoms with Gasteiger partial charge in [-0.15, -0.1) is 0 Å². The zero-order chi connectivity index (χ0) is 11.9. The number of aliphatic hydroxyl groups is 2. The molecule has 0 aliphatic carbocycles. The molecular formula is C10H18O6. The normalized spacial score (nSPS) is 46.7. The largest absolute Gasteiger partial charge is 0.394 e. The van der Waals surface area contributed by atoms with Gasteiger partial charge in [0, 0.05) is 7.11 Å². The fourth-order valence-electron chi connectivity index (χ4n) is 2.17. The van der Waals surface area contributed by atoms with Gasteiger partial charge >= 0.3 is 0 Å². The summed E-state index contributed by atoms with van der Waals surface area (Å²) in [5.74, 6) is -0.777. The highest BCUT2D eigenvalue weighted by Gasteiger charge is 2.54. The third-order valence-corrected chi connectivity index (χ3v) is 2.87. The number of fused-ring (bicyclic) bond motifs is 1. The van der Waals surface area contributed by atoms with E-state index in [4.69, 9.17) is 24.1 Å². The van der Waals surface area contributed by atoms with Gasteiger partial charge in [0.1, 0.15) is 24.4 Å². The summed E-state index contributed by atoms with van der Waals surface area (Å²) in [4.78, 5) is 0. The molecule has 0 amide bonds. The fourth-order valence-corrected chi connectivity index (χ4v) is 2.17. The average molecular weight is 234 g/mol. The Labute approximate surface area is 94.1 Å². The van der Waals surface area contributed by atoms with Gasteiger partial charge in [-0.25, -0.2) is 0 Å². The maximum Gasteiger partial charge on any atom is 0.186 e. The van der Waals surface area contributed by atoms with Crippen LogP contribution in [0.1, 0.15) is 13.8 Å². The molecule has 6 heteroatoms. The van der Waals surface area contributed by atoms with Crippen LogP contribution in [0.2, 0.25) is 0 Å². The molecule has 2 aliphatic rings. The Balaban J connectivity index is 2.18. The lowest BCUT2D eigenvalue weighted by Crippen LogP contribution is -2.57. The van der Waals surface area contributed by atoms with E-state index in [1.165, 1.54) is 7.11 Å². The summed E-state index contributed by atoms with van der Waals surface area (Å²) >= 11 is 0. The first-order chi connectivity index (χ1) is 7.48. The van der Waals surface area contributed by atoms with Gasteiger partial charge < -0.3 is 29.2 Å². The van der Waals surface area contributed by atoms with Crippen molar-refractivity contribution in [3.05, 3.63) is 0 Å². The second-order valence-corrected chi connectivity index (χ2v) is 4.52. The van der Waals surface area contributed by atoms with Crippen molar-refractivity contribution in [3.8, 4) is 0 Å². The van der Waals surface area contributed by atoms with Crippen molar-refractivity contribution in [2.45, 2.75) is 50.3 Å². The van der Waals surface area contributed by atoms with Crippen LogP contribution in [0.25, 0.3) is 0 Å². The summed E-state index contributed by atoms with van der Waals surface area (Å²) in [5.41, 5.74) is 0. The van der Waals surface area contributed by atoms with Gasteiger partial charge in [-0.05, 0) is 13.8 Å². The first-order valence-electron chi connectivity index (χ1n) is 5.31. The molecule has 5 atom stereocenters. The summed E-state index contributed by atoms with van der Waals surface area (Å²) < 4.78 is 21.7. The second-order valence-electron chi connectivity index (χ2n) is 4.52. The van der Waals surface area contributed by atoms with Gasteiger partial charge in [0.2, 0.25) is 0 Å². The molecule has 2 N–H and O–H groups in total. The third kappa shape index (κ3) is 1.97. The molecule has 0 radical (unpaired) electrons. The molecular weight excluding hydrogens is 216 g/mol. The summed E-state index contributed by atoms with van der Waals surface area (Å²) in [5, 5.41) is 19.0. The lowest BCUT2D eigenvalue weighted by Gasteiger charge is -2.38. The summed E-state index contributed by atoms with van der Waals surface area (Å²) in [6.07, 6.45) is -3.26. The van der Waals surface area contributed by atoms with Gasteiger partial charge in [0.05, 0.1) is 6.61 Å². The van der Waals surface area contributed by atoms with Gasteiger partial charge in [-0.2, -0.15) is 0 Å². The third-order valence-electron chi connectivity index (χ3n) is 2.87. The van der Waals surface area contributed by atoms with Crippen molar-refractivity contribution in [2.75, 3.05) is 13.7 Å². The maximum absolute atomic E-state index is 9.94. The Kier molecular flexibility index (Phi) is 3.22. The van der Waals surface area contributed by atoms with Crippen molar-refractivity contribution >= 4 is 0 Å². The fraction of sp³-hybridized carbons (Fsp3) is 1.00. The van der Waals surface area contributed by atoms with Crippen LogP contribution in [-0.2, 0) is 18.9 Å². The van der Waals surface area contributed by atoms with Crippen LogP contribution >= 0.6 is 0 Å². The molecule has 2 saturated heterocycles. The first-order valence-corrected chi connectivity index (χ1v) is 5.31. The molecule has 2 fully saturated rings. The zero-order valence-electron chi connectivity index (χ0n) is 9.62. The number of methoxy groups -OCH3 is 1. The summed E-state index contributed by atoms with van der Waals surface area (Å²) in [6.45, 7) is 3.24. The van der Waals surface area contributed by atoms with E-state index in [0.717, 1.165) is 0 Å². The maximum atomic E-state index is 9.94. The van der Waals surface area contributed by atoms with Gasteiger partial charge in [-0.3, -0.25) is 0 Å². The highest BCUT2D eigenvalue weighted by molar-refractivity contribution is 4.95. The predicted molar refractivity (Wildman–Crippen MR) is 52.6 cm³/mol. The van der Waals surface area contributed by atoms with Crippen molar-refractivity contribution in [1.29, 1.82) is 0 Å². The van der Waals surface area contributed by atoms with E-state index in [1.54, 1.807) is 13.8 Å². The van der Waals surface area contributed by atoms with E-state index in [0.29, 0.717) is 0 Å². The number of hydrogen-bond donors (Lipinski definition) is 2. The topological polar surface area (TPSA) is 77.4 Å². The molecule has 94 valence electrons. The Morgan fingerprint density at radius 3 is 2.44 bits per heavy atom. The van der Waals surface area contributed by atoms with Crippen molar-refractivity contribution in [2.24, 2.45) is 0 Å². The van der Waals surface area contributed by atoms with Crippen LogP contribution in [-0.4, -0.2) is 60.4 Å². The van der Waals surface area contributed by atoms with Crippen LogP contribution in [0.3, 0.4) is 0 Å². The van der Waals surface area contributed by atoms with Crippen molar-refractivity contribution in [1.82, 2.24) is 0 Å². The van der Waals surface area contributed by atoms with Crippen LogP contribution < -0.4 is 0 Å². The van der Waals surface area contributed by atoms with E-state index < -0.39 is 36.5 Å². The summed E-state index contributed by atoms with van der Waals surface area (Å²) in [6, 6.07) is 0. The second kappa shape index (κ2) is 4.21. The van der Waals surface area contributed by atoms with Gasteiger partial charge in [0.15, 0.2) is 12.1 Å². The Hall–Kier alpha value is -0.240. The summed E-state index contributed by atoms with van der Waals surface area (Å²) in [7, 11) is 1.49. The van der Waals surface area contributed by atoms with E-state index in [1.807, 2.05) is 0 Å². The minimum absolute atomic E-state index is 0.284. The lowest BCUT2D eigenvalue weighted by molar-refractivity contribution is -0.272. The molecule has 0 aromatic heterocycles. The molecule has 2 rings (SSSR count). The van der Waals surface area contributed by atoms with Crippen LogP contribution in [0.4, 0.5) is 0 Å². The predicted octanol–water partition coefficient (Wildman–Crippen LogP) is -0.769. The number of hydrogen-bond acceptors (Lipinski definition) is 6. The smallest absolute Gasteiger partial charge is 0.186 e. The number of ether oxygens (including phenoxy) is 4. The minimum Gasteiger partial charge on any atom is -0.394 e. The number of aliphatic hydroxyl groups excluding tert-OH is 2. The standard InChI is InChI=1S/C10H18O6/c1-10(2)15-7-6(12)5(4-11)14-9(13-3)8(7)16-10/h5-9,11-12H,4H2,1-3H3/t5-,6-,7+,8+,9+/m0/s1. The van der Waals surface area contributed by atoms with E-state index >= 15 is 0 Å². The molecule has 2 aliphatic heterocycles. The Morgan fingerprint density at radius 2 is 1.88 bits per heavy atom. The van der Waals surface area contributed by atoms with Crippen molar-refractivity contribution < 1.29 is 29.2 Å². The monoisotopic (exact) mass is 234 g/mol.